The molecule has 1 unspecified atom stereocenters. The van der Waals surface area contributed by atoms with E-state index in [2.05, 4.69) is 34.7 Å². The van der Waals surface area contributed by atoms with Crippen molar-refractivity contribution in [3.8, 4) is 5.75 Å². The number of pyridine rings is 1. The highest BCUT2D eigenvalue weighted by atomic mass is 16.6. The Morgan fingerprint density at radius 2 is 1.81 bits per heavy atom. The molecule has 164 valence electrons. The molecular weight excluding hydrogens is 404 g/mol. The lowest BCUT2D eigenvalue weighted by Gasteiger charge is -2.22. The highest BCUT2D eigenvalue weighted by Crippen LogP contribution is 2.36. The Morgan fingerprint density at radius 1 is 1.03 bits per heavy atom. The topological polar surface area (TPSA) is 80.7 Å². The first kappa shape index (κ1) is 21.7. The summed E-state index contributed by atoms with van der Waals surface area (Å²) < 4.78 is 5.49. The number of hydrogen-bond donors (Lipinski definition) is 2. The highest BCUT2D eigenvalue weighted by molar-refractivity contribution is 5.73. The monoisotopic (exact) mass is 430 g/mol. The van der Waals surface area contributed by atoms with E-state index in [-0.39, 0.29) is 12.6 Å². The maximum atomic E-state index is 10.9. The van der Waals surface area contributed by atoms with Gasteiger partial charge in [-0.3, -0.25) is 9.82 Å². The summed E-state index contributed by atoms with van der Waals surface area (Å²) in [6.07, 6.45) is 8.45. The van der Waals surface area contributed by atoms with Crippen LogP contribution in [-0.2, 0) is 16.1 Å². The number of ether oxygens (including phenoxy) is 1. The van der Waals surface area contributed by atoms with E-state index < -0.39 is 5.97 Å². The van der Waals surface area contributed by atoms with Crippen LogP contribution in [0.15, 0.2) is 79.1 Å². The Hall–Kier alpha value is -3.48. The molecule has 0 bridgehead atoms. The zero-order valence-corrected chi connectivity index (χ0v) is 17.7. The van der Waals surface area contributed by atoms with Crippen LogP contribution in [0.2, 0.25) is 0 Å². The Balaban J connectivity index is 1.45. The van der Waals surface area contributed by atoms with E-state index in [1.54, 1.807) is 12.4 Å². The molecule has 1 heterocycles. The van der Waals surface area contributed by atoms with Gasteiger partial charge in [0.15, 0.2) is 6.61 Å². The number of benzene rings is 2. The van der Waals surface area contributed by atoms with Crippen LogP contribution < -0.4 is 10.2 Å². The predicted molar refractivity (Wildman–Crippen MR) is 122 cm³/mol. The average Bonchev–Trinajstić information content (AvgIpc) is 2.84. The van der Waals surface area contributed by atoms with Crippen LogP contribution in [0.4, 0.5) is 0 Å². The third-order valence-corrected chi connectivity index (χ3v) is 5.49. The molecule has 0 saturated heterocycles. The summed E-state index contributed by atoms with van der Waals surface area (Å²) in [5.41, 5.74) is 8.74. The van der Waals surface area contributed by atoms with Crippen LogP contribution in [0, 0.1) is 0 Å². The summed E-state index contributed by atoms with van der Waals surface area (Å²) in [4.78, 5) is 20.9. The first-order chi connectivity index (χ1) is 15.7. The summed E-state index contributed by atoms with van der Waals surface area (Å²) in [6.45, 7) is 0.0712. The van der Waals surface area contributed by atoms with E-state index in [1.165, 1.54) is 5.57 Å². The van der Waals surface area contributed by atoms with Crippen LogP contribution in [-0.4, -0.2) is 29.3 Å². The third kappa shape index (κ3) is 5.41. The first-order valence-electron chi connectivity index (χ1n) is 10.7. The fraction of sp³-hybridized carbons (Fsp3) is 0.231. The second-order valence-electron chi connectivity index (χ2n) is 7.60. The lowest BCUT2D eigenvalue weighted by Crippen LogP contribution is -2.23. The van der Waals surface area contributed by atoms with Gasteiger partial charge in [0.25, 0.3) is 0 Å². The fourth-order valence-electron chi connectivity index (χ4n) is 4.01. The lowest BCUT2D eigenvalue weighted by atomic mass is 9.86. The highest BCUT2D eigenvalue weighted by Gasteiger charge is 2.18. The number of hydrogen-bond acceptors (Lipinski definition) is 5. The Morgan fingerprint density at radius 3 is 2.59 bits per heavy atom. The number of fused-ring (bicyclic) bond motifs is 1. The molecule has 6 heteroatoms. The minimum atomic E-state index is -0.976. The molecule has 0 amide bonds. The number of hydroxylamine groups is 1. The molecule has 6 nitrogen and oxygen atoms in total. The predicted octanol–water partition coefficient (Wildman–Crippen LogP) is 4.58. The number of rotatable bonds is 9. The van der Waals surface area contributed by atoms with E-state index in [1.807, 2.05) is 42.5 Å². The van der Waals surface area contributed by atoms with Gasteiger partial charge < -0.3 is 9.84 Å². The molecule has 0 aliphatic heterocycles. The van der Waals surface area contributed by atoms with Crippen molar-refractivity contribution in [3.05, 3.63) is 101 Å². The summed E-state index contributed by atoms with van der Waals surface area (Å²) in [5.74, 6) is -0.327. The van der Waals surface area contributed by atoms with Gasteiger partial charge in [-0.1, -0.05) is 48.5 Å². The number of aromatic nitrogens is 1. The molecular formula is C26H26N2O4. The molecule has 32 heavy (non-hydrogen) atoms. The molecule has 0 fully saturated rings. The number of carboxylic acid groups (broad SMARTS) is 1. The van der Waals surface area contributed by atoms with E-state index >= 15 is 0 Å². The number of aliphatic carboxylic acids is 1. The minimum absolute atomic E-state index is 0.104. The number of nitrogens with zero attached hydrogens (tertiary/aromatic N) is 1. The summed E-state index contributed by atoms with van der Waals surface area (Å²) in [7, 11) is 0. The molecule has 4 rings (SSSR count). The van der Waals surface area contributed by atoms with Crippen molar-refractivity contribution in [3.63, 3.8) is 0 Å². The molecule has 1 aliphatic carbocycles. The molecule has 1 aromatic heterocycles. The van der Waals surface area contributed by atoms with Crippen molar-refractivity contribution < 1.29 is 19.5 Å². The second-order valence-corrected chi connectivity index (χ2v) is 7.60. The van der Waals surface area contributed by atoms with Gasteiger partial charge in [0.2, 0.25) is 0 Å². The molecule has 2 aromatic carbocycles. The van der Waals surface area contributed by atoms with Crippen molar-refractivity contribution in [2.75, 3.05) is 13.2 Å². The smallest absolute Gasteiger partial charge is 0.341 e. The van der Waals surface area contributed by atoms with Gasteiger partial charge in [-0.25, -0.2) is 4.79 Å². The summed E-state index contributed by atoms with van der Waals surface area (Å²) in [6, 6.07) is 19.8. The number of carbonyl (C=O) groups is 1. The van der Waals surface area contributed by atoms with Crippen LogP contribution in [0.5, 0.6) is 5.75 Å². The third-order valence-electron chi connectivity index (χ3n) is 5.49. The molecule has 0 spiro atoms. The van der Waals surface area contributed by atoms with E-state index in [0.717, 1.165) is 41.5 Å². The molecule has 2 N–H and O–H groups in total. The van der Waals surface area contributed by atoms with Crippen molar-refractivity contribution in [2.24, 2.45) is 0 Å². The Bertz CT molecular complexity index is 1030. The fourth-order valence-corrected chi connectivity index (χ4v) is 4.01. The average molecular weight is 431 g/mol. The molecule has 0 radical (unpaired) electrons. The van der Waals surface area contributed by atoms with Crippen molar-refractivity contribution >= 4 is 11.5 Å². The SMILES string of the molecule is O=C(O)COc1cccc2c1CCC/C2=C/CONC(c1ccccc1)c1ccncc1. The molecule has 1 atom stereocenters. The van der Waals surface area contributed by atoms with E-state index in [9.17, 15) is 4.79 Å². The minimum Gasteiger partial charge on any atom is -0.482 e. The van der Waals surface area contributed by atoms with Crippen molar-refractivity contribution in [1.82, 2.24) is 10.5 Å². The van der Waals surface area contributed by atoms with Gasteiger partial charge in [-0.15, -0.1) is 0 Å². The van der Waals surface area contributed by atoms with Crippen molar-refractivity contribution in [2.45, 2.75) is 25.3 Å². The number of allylic oxidation sites excluding steroid dienone is 1. The lowest BCUT2D eigenvalue weighted by molar-refractivity contribution is -0.139. The van der Waals surface area contributed by atoms with Gasteiger partial charge in [-0.2, -0.15) is 5.48 Å². The Labute approximate surface area is 187 Å². The quantitative estimate of drug-likeness (QED) is 0.382. The number of nitrogens with one attached hydrogen (secondary N) is 1. The number of carboxylic acids is 1. The zero-order chi connectivity index (χ0) is 22.2. The van der Waals surface area contributed by atoms with Crippen LogP contribution in [0.3, 0.4) is 0 Å². The van der Waals surface area contributed by atoms with E-state index in [4.69, 9.17) is 14.7 Å². The van der Waals surface area contributed by atoms with Crippen LogP contribution >= 0.6 is 0 Å². The summed E-state index contributed by atoms with van der Waals surface area (Å²) >= 11 is 0. The standard InChI is InChI=1S/C26H26N2O4/c29-25(30)18-31-24-11-5-9-22-19(8-4-10-23(22)24)14-17-32-28-26(20-6-2-1-3-7-20)21-12-15-27-16-13-21/h1-3,5-7,9,11-16,26,28H,4,8,10,17-18H2,(H,29,30)/b19-14-. The van der Waals surface area contributed by atoms with Crippen LogP contribution in [0.1, 0.15) is 41.1 Å². The van der Waals surface area contributed by atoms with Gasteiger partial charge >= 0.3 is 5.97 Å². The van der Waals surface area contributed by atoms with Gasteiger partial charge in [-0.05, 0) is 59.7 Å². The maximum absolute atomic E-state index is 10.9. The van der Waals surface area contributed by atoms with Crippen molar-refractivity contribution in [1.29, 1.82) is 0 Å². The van der Waals surface area contributed by atoms with Gasteiger partial charge in [0, 0.05) is 18.0 Å². The van der Waals surface area contributed by atoms with Crippen LogP contribution in [0.25, 0.3) is 5.57 Å². The largest absolute Gasteiger partial charge is 0.482 e. The van der Waals surface area contributed by atoms with Gasteiger partial charge in [0.1, 0.15) is 5.75 Å². The summed E-state index contributed by atoms with van der Waals surface area (Å²) in [5, 5.41) is 8.92. The Kier molecular flexibility index (Phi) is 7.27. The zero-order valence-electron chi connectivity index (χ0n) is 17.7. The first-order valence-corrected chi connectivity index (χ1v) is 10.7. The molecule has 3 aromatic rings. The van der Waals surface area contributed by atoms with Gasteiger partial charge in [0.05, 0.1) is 12.6 Å². The molecule has 0 saturated carbocycles. The normalized spacial score (nSPS) is 15.2. The van der Waals surface area contributed by atoms with E-state index in [0.29, 0.717) is 12.4 Å². The molecule has 1 aliphatic rings. The second kappa shape index (κ2) is 10.7. The maximum Gasteiger partial charge on any atom is 0.341 e.